The van der Waals surface area contributed by atoms with E-state index in [9.17, 15) is 14.4 Å². The summed E-state index contributed by atoms with van der Waals surface area (Å²) in [6.07, 6.45) is 3.08. The molecule has 0 aromatic carbocycles. The topological polar surface area (TPSA) is 84.3 Å². The van der Waals surface area contributed by atoms with Gasteiger partial charge in [0.15, 0.2) is 0 Å². The summed E-state index contributed by atoms with van der Waals surface area (Å²) < 4.78 is 1.63. The van der Waals surface area contributed by atoms with Crippen LogP contribution in [0.5, 0.6) is 0 Å². The Bertz CT molecular complexity index is 434. The molecule has 1 aliphatic heterocycles. The van der Waals surface area contributed by atoms with Gasteiger partial charge >= 0.3 is 6.03 Å². The number of nitrogens with one attached hydrogen (secondary N) is 1. The number of urea groups is 1. The lowest BCUT2D eigenvalue weighted by Gasteiger charge is -2.30. The molecular weight excluding hydrogens is 224 g/mol. The molecule has 1 atom stereocenters. The lowest BCUT2D eigenvalue weighted by molar-refractivity contribution is -0.137. The molecule has 17 heavy (non-hydrogen) atoms. The van der Waals surface area contributed by atoms with Crippen LogP contribution >= 0.6 is 0 Å². The first-order chi connectivity index (χ1) is 8.08. The van der Waals surface area contributed by atoms with Crippen LogP contribution in [0.15, 0.2) is 18.5 Å². The monoisotopic (exact) mass is 236 g/mol. The molecule has 0 spiro atoms. The molecule has 7 heteroatoms. The summed E-state index contributed by atoms with van der Waals surface area (Å²) in [6, 6.07) is 0.746. The van der Waals surface area contributed by atoms with Gasteiger partial charge in [0.1, 0.15) is 6.42 Å². The first-order valence-electron chi connectivity index (χ1n) is 5.21. The zero-order chi connectivity index (χ0) is 12.4. The largest absolute Gasteiger partial charge is 0.331 e. The van der Waals surface area contributed by atoms with Crippen molar-refractivity contribution in [1.82, 2.24) is 20.0 Å². The number of barbiturate groups is 1. The summed E-state index contributed by atoms with van der Waals surface area (Å²) in [6.45, 7) is 2.13. The molecule has 0 radical (unpaired) electrons. The smallest absolute Gasteiger partial charge is 0.277 e. The molecule has 2 heterocycles. The highest BCUT2D eigenvalue weighted by atomic mass is 16.2. The summed E-state index contributed by atoms with van der Waals surface area (Å²) in [5.74, 6) is -1.03. The zero-order valence-corrected chi connectivity index (χ0v) is 9.29. The molecule has 2 rings (SSSR count). The van der Waals surface area contributed by atoms with Crippen LogP contribution in [0.25, 0.3) is 0 Å². The van der Waals surface area contributed by atoms with Crippen LogP contribution in [-0.4, -0.2) is 38.6 Å². The molecule has 1 aromatic heterocycles. The van der Waals surface area contributed by atoms with Gasteiger partial charge in [0, 0.05) is 12.4 Å². The number of carbonyl (C=O) groups excluding carboxylic acids is 3. The maximum absolute atomic E-state index is 11.6. The SMILES string of the molecule is CC(Cn1cccn1)N1C(=O)CC(=O)NC1=O. The lowest BCUT2D eigenvalue weighted by Crippen LogP contribution is -2.56. The number of nitrogens with zero attached hydrogens (tertiary/aromatic N) is 3. The van der Waals surface area contributed by atoms with Crippen molar-refractivity contribution in [2.24, 2.45) is 0 Å². The van der Waals surface area contributed by atoms with E-state index in [1.54, 1.807) is 30.1 Å². The average molecular weight is 236 g/mol. The highest BCUT2D eigenvalue weighted by molar-refractivity contribution is 6.14. The summed E-state index contributed by atoms with van der Waals surface area (Å²) in [5, 5.41) is 6.11. The van der Waals surface area contributed by atoms with E-state index in [1.165, 1.54) is 0 Å². The molecule has 0 aliphatic carbocycles. The van der Waals surface area contributed by atoms with Crippen LogP contribution in [0.4, 0.5) is 4.79 Å². The minimum absolute atomic E-state index is 0.283. The maximum Gasteiger partial charge on any atom is 0.331 e. The summed E-state index contributed by atoms with van der Waals surface area (Å²) in [5.41, 5.74) is 0. The third-order valence-corrected chi connectivity index (χ3v) is 2.50. The first-order valence-corrected chi connectivity index (χ1v) is 5.21. The second-order valence-corrected chi connectivity index (χ2v) is 3.87. The average Bonchev–Trinajstić information content (AvgIpc) is 2.68. The standard InChI is InChI=1S/C10H12N4O3/c1-7(6-13-4-2-3-11-13)14-9(16)5-8(15)12-10(14)17/h2-4,7H,5-6H2,1H3,(H,12,15,17). The van der Waals surface area contributed by atoms with Crippen LogP contribution < -0.4 is 5.32 Å². The number of imide groups is 2. The van der Waals surface area contributed by atoms with Crippen molar-refractivity contribution in [3.63, 3.8) is 0 Å². The highest BCUT2D eigenvalue weighted by Gasteiger charge is 2.34. The molecule has 0 saturated carbocycles. The Morgan fingerprint density at radius 1 is 1.47 bits per heavy atom. The lowest BCUT2D eigenvalue weighted by atomic mass is 10.2. The minimum Gasteiger partial charge on any atom is -0.277 e. The number of carbonyl (C=O) groups is 3. The Kier molecular flexibility index (Phi) is 2.90. The van der Waals surface area contributed by atoms with Crippen molar-refractivity contribution in [3.05, 3.63) is 18.5 Å². The van der Waals surface area contributed by atoms with Crippen molar-refractivity contribution in [1.29, 1.82) is 0 Å². The van der Waals surface area contributed by atoms with E-state index < -0.39 is 17.8 Å². The van der Waals surface area contributed by atoms with E-state index in [2.05, 4.69) is 10.4 Å². The quantitative estimate of drug-likeness (QED) is 0.733. The first kappa shape index (κ1) is 11.3. The molecule has 1 aromatic rings. The van der Waals surface area contributed by atoms with E-state index in [0.717, 1.165) is 4.90 Å². The van der Waals surface area contributed by atoms with Crippen LogP contribution in [0, 0.1) is 0 Å². The summed E-state index contributed by atoms with van der Waals surface area (Å²) >= 11 is 0. The third kappa shape index (κ3) is 2.32. The molecule has 1 aliphatic rings. The van der Waals surface area contributed by atoms with E-state index >= 15 is 0 Å². The number of hydrogen-bond acceptors (Lipinski definition) is 4. The Balaban J connectivity index is 2.08. The maximum atomic E-state index is 11.6. The molecule has 90 valence electrons. The molecule has 7 nitrogen and oxygen atoms in total. The molecule has 1 fully saturated rings. The van der Waals surface area contributed by atoms with Gasteiger partial charge in [0.25, 0.3) is 0 Å². The van der Waals surface area contributed by atoms with Gasteiger partial charge in [0.05, 0.1) is 12.6 Å². The van der Waals surface area contributed by atoms with E-state index in [0.29, 0.717) is 6.54 Å². The molecular formula is C10H12N4O3. The van der Waals surface area contributed by atoms with Crippen molar-refractivity contribution in [2.75, 3.05) is 0 Å². The van der Waals surface area contributed by atoms with Crippen molar-refractivity contribution in [3.8, 4) is 0 Å². The highest BCUT2D eigenvalue weighted by Crippen LogP contribution is 2.09. The van der Waals surface area contributed by atoms with E-state index in [1.807, 2.05) is 0 Å². The van der Waals surface area contributed by atoms with Crippen molar-refractivity contribution < 1.29 is 14.4 Å². The van der Waals surface area contributed by atoms with Gasteiger partial charge in [-0.1, -0.05) is 0 Å². The van der Waals surface area contributed by atoms with Crippen molar-refractivity contribution >= 4 is 17.8 Å². The van der Waals surface area contributed by atoms with Gasteiger partial charge < -0.3 is 0 Å². The second-order valence-electron chi connectivity index (χ2n) is 3.87. The van der Waals surface area contributed by atoms with Gasteiger partial charge in [-0.15, -0.1) is 0 Å². The molecule has 1 N–H and O–H groups in total. The minimum atomic E-state index is -0.661. The number of rotatable bonds is 3. The molecule has 1 unspecified atom stereocenters. The van der Waals surface area contributed by atoms with Gasteiger partial charge in [-0.3, -0.25) is 24.5 Å². The molecule has 1 saturated heterocycles. The number of amides is 4. The van der Waals surface area contributed by atoms with Gasteiger partial charge in [-0.2, -0.15) is 5.10 Å². The van der Waals surface area contributed by atoms with Crippen molar-refractivity contribution in [2.45, 2.75) is 25.9 Å². The van der Waals surface area contributed by atoms with Gasteiger partial charge in [-0.25, -0.2) is 4.79 Å². The Hall–Kier alpha value is -2.18. The number of hydrogen-bond donors (Lipinski definition) is 1. The van der Waals surface area contributed by atoms with Gasteiger partial charge in [-0.05, 0) is 13.0 Å². The van der Waals surface area contributed by atoms with Crippen LogP contribution in [0.1, 0.15) is 13.3 Å². The Labute approximate surface area is 97.4 Å². The second kappa shape index (κ2) is 4.36. The fourth-order valence-electron chi connectivity index (χ4n) is 1.77. The Morgan fingerprint density at radius 3 is 2.82 bits per heavy atom. The number of aromatic nitrogens is 2. The predicted molar refractivity (Wildman–Crippen MR) is 56.7 cm³/mol. The molecule has 4 amide bonds. The summed E-state index contributed by atoms with van der Waals surface area (Å²) in [4.78, 5) is 35.2. The predicted octanol–water partition coefficient (Wildman–Crippen LogP) is -0.260. The Morgan fingerprint density at radius 2 is 2.24 bits per heavy atom. The zero-order valence-electron chi connectivity index (χ0n) is 9.29. The van der Waals surface area contributed by atoms with Crippen LogP contribution in [-0.2, 0) is 16.1 Å². The van der Waals surface area contributed by atoms with E-state index in [-0.39, 0.29) is 12.5 Å². The van der Waals surface area contributed by atoms with Gasteiger partial charge in [0.2, 0.25) is 11.8 Å². The van der Waals surface area contributed by atoms with Crippen LogP contribution in [0.2, 0.25) is 0 Å². The third-order valence-electron chi connectivity index (χ3n) is 2.50. The summed E-state index contributed by atoms with van der Waals surface area (Å²) in [7, 11) is 0. The fourth-order valence-corrected chi connectivity index (χ4v) is 1.77. The van der Waals surface area contributed by atoms with Crippen LogP contribution in [0.3, 0.4) is 0 Å². The van der Waals surface area contributed by atoms with E-state index in [4.69, 9.17) is 0 Å². The molecule has 0 bridgehead atoms. The fraction of sp³-hybridized carbons (Fsp3) is 0.400. The normalized spacial score (nSPS) is 18.2.